The molecule has 116 valence electrons. The number of hydrogen-bond acceptors (Lipinski definition) is 5. The fourth-order valence-corrected chi connectivity index (χ4v) is 3.53. The first-order valence-electron chi connectivity index (χ1n) is 8.06. The van der Waals surface area contributed by atoms with E-state index in [4.69, 9.17) is 11.6 Å². The van der Waals surface area contributed by atoms with Crippen molar-refractivity contribution in [3.8, 4) is 0 Å². The smallest absolute Gasteiger partial charge is 0.231 e. The van der Waals surface area contributed by atoms with Gasteiger partial charge in [0.2, 0.25) is 17.2 Å². The van der Waals surface area contributed by atoms with E-state index in [-0.39, 0.29) is 5.28 Å². The Bertz CT molecular complexity index is 489. The summed E-state index contributed by atoms with van der Waals surface area (Å²) in [5.74, 6) is 2.73. The lowest BCUT2D eigenvalue weighted by molar-refractivity contribution is 0.434. The molecule has 21 heavy (non-hydrogen) atoms. The van der Waals surface area contributed by atoms with E-state index >= 15 is 0 Å². The lowest BCUT2D eigenvalue weighted by Crippen LogP contribution is -2.32. The SMILES string of the molecule is CC1CCC(Nc2nc(Cl)nc(N3CCCCC3)n2)C1C. The normalized spacial score (nSPS) is 29.7. The third-order valence-electron chi connectivity index (χ3n) is 5.01. The molecule has 1 saturated heterocycles. The van der Waals surface area contributed by atoms with Crippen LogP contribution in [0.4, 0.5) is 11.9 Å². The maximum absolute atomic E-state index is 6.09. The van der Waals surface area contributed by atoms with Gasteiger partial charge in [-0.1, -0.05) is 13.8 Å². The van der Waals surface area contributed by atoms with E-state index in [1.54, 1.807) is 0 Å². The number of anilines is 2. The molecule has 5 nitrogen and oxygen atoms in total. The second kappa shape index (κ2) is 6.34. The Morgan fingerprint density at radius 3 is 2.48 bits per heavy atom. The molecule has 3 atom stereocenters. The van der Waals surface area contributed by atoms with Gasteiger partial charge in [-0.15, -0.1) is 0 Å². The predicted molar refractivity (Wildman–Crippen MR) is 85.9 cm³/mol. The van der Waals surface area contributed by atoms with Crippen LogP contribution >= 0.6 is 11.6 Å². The van der Waals surface area contributed by atoms with Crippen molar-refractivity contribution in [2.45, 2.75) is 52.0 Å². The van der Waals surface area contributed by atoms with E-state index in [0.717, 1.165) is 25.0 Å². The third kappa shape index (κ3) is 3.39. The van der Waals surface area contributed by atoms with Gasteiger partial charge in [-0.25, -0.2) is 0 Å². The zero-order chi connectivity index (χ0) is 14.8. The summed E-state index contributed by atoms with van der Waals surface area (Å²) in [7, 11) is 0. The van der Waals surface area contributed by atoms with Crippen LogP contribution in [0, 0.1) is 11.8 Å². The highest BCUT2D eigenvalue weighted by molar-refractivity contribution is 6.28. The summed E-state index contributed by atoms with van der Waals surface area (Å²) in [6.07, 6.45) is 6.12. The Balaban J connectivity index is 1.74. The highest BCUT2D eigenvalue weighted by atomic mass is 35.5. The Morgan fingerprint density at radius 1 is 1.05 bits per heavy atom. The summed E-state index contributed by atoms with van der Waals surface area (Å²) in [6, 6.07) is 0.438. The molecule has 2 heterocycles. The van der Waals surface area contributed by atoms with E-state index in [9.17, 15) is 0 Å². The van der Waals surface area contributed by atoms with Crippen molar-refractivity contribution in [3.05, 3.63) is 5.28 Å². The van der Waals surface area contributed by atoms with Gasteiger partial charge in [-0.2, -0.15) is 15.0 Å². The number of nitrogens with zero attached hydrogens (tertiary/aromatic N) is 4. The van der Waals surface area contributed by atoms with E-state index in [1.807, 2.05) is 0 Å². The Labute approximate surface area is 131 Å². The zero-order valence-corrected chi connectivity index (χ0v) is 13.6. The van der Waals surface area contributed by atoms with Gasteiger partial charge in [0, 0.05) is 19.1 Å². The van der Waals surface area contributed by atoms with E-state index in [2.05, 4.69) is 39.0 Å². The first-order chi connectivity index (χ1) is 10.1. The molecule has 2 aliphatic rings. The fraction of sp³-hybridized carbons (Fsp3) is 0.800. The Morgan fingerprint density at radius 2 is 1.81 bits per heavy atom. The molecule has 1 aromatic heterocycles. The van der Waals surface area contributed by atoms with Crippen molar-refractivity contribution >= 4 is 23.5 Å². The van der Waals surface area contributed by atoms with Crippen LogP contribution in [0.3, 0.4) is 0 Å². The van der Waals surface area contributed by atoms with Crippen LogP contribution in [0.25, 0.3) is 0 Å². The van der Waals surface area contributed by atoms with Crippen LogP contribution in [0.5, 0.6) is 0 Å². The van der Waals surface area contributed by atoms with Gasteiger partial charge in [-0.05, 0) is 55.5 Å². The van der Waals surface area contributed by atoms with Crippen LogP contribution < -0.4 is 10.2 Å². The molecular weight excluding hydrogens is 286 g/mol. The summed E-state index contributed by atoms with van der Waals surface area (Å²) in [6.45, 7) is 6.63. The van der Waals surface area contributed by atoms with E-state index in [1.165, 1.54) is 32.1 Å². The Kier molecular flexibility index (Phi) is 4.48. The number of rotatable bonds is 3. The summed E-state index contributed by atoms with van der Waals surface area (Å²) in [5, 5.41) is 3.75. The van der Waals surface area contributed by atoms with Gasteiger partial charge in [0.25, 0.3) is 0 Å². The van der Waals surface area contributed by atoms with Crippen LogP contribution in [0.1, 0.15) is 46.0 Å². The summed E-state index contributed by atoms with van der Waals surface area (Å²) in [4.78, 5) is 15.4. The molecule has 0 bridgehead atoms. The summed E-state index contributed by atoms with van der Waals surface area (Å²) >= 11 is 6.09. The molecule has 1 aliphatic heterocycles. The molecule has 1 saturated carbocycles. The summed E-state index contributed by atoms with van der Waals surface area (Å²) < 4.78 is 0. The lowest BCUT2D eigenvalue weighted by Gasteiger charge is -2.27. The second-order valence-electron chi connectivity index (χ2n) is 6.44. The highest BCUT2D eigenvalue weighted by Gasteiger charge is 2.30. The van der Waals surface area contributed by atoms with Gasteiger partial charge >= 0.3 is 0 Å². The quantitative estimate of drug-likeness (QED) is 0.928. The molecule has 6 heteroatoms. The molecule has 1 aromatic rings. The number of hydrogen-bond donors (Lipinski definition) is 1. The predicted octanol–water partition coefficient (Wildman–Crippen LogP) is 3.36. The molecular formula is C15H24ClN5. The minimum absolute atomic E-state index is 0.284. The van der Waals surface area contributed by atoms with Gasteiger partial charge in [-0.3, -0.25) is 0 Å². The first kappa shape index (κ1) is 14.8. The topological polar surface area (TPSA) is 53.9 Å². The molecule has 1 N–H and O–H groups in total. The van der Waals surface area contributed by atoms with Crippen LogP contribution in [0.2, 0.25) is 5.28 Å². The minimum atomic E-state index is 0.284. The van der Waals surface area contributed by atoms with Crippen molar-refractivity contribution in [2.24, 2.45) is 11.8 Å². The molecule has 1 aliphatic carbocycles. The van der Waals surface area contributed by atoms with Crippen molar-refractivity contribution in [1.82, 2.24) is 15.0 Å². The van der Waals surface area contributed by atoms with Crippen LogP contribution in [0.15, 0.2) is 0 Å². The molecule has 0 amide bonds. The maximum atomic E-state index is 6.09. The largest absolute Gasteiger partial charge is 0.351 e. The molecule has 0 spiro atoms. The number of nitrogens with one attached hydrogen (secondary N) is 1. The van der Waals surface area contributed by atoms with Crippen molar-refractivity contribution in [3.63, 3.8) is 0 Å². The average Bonchev–Trinajstić information content (AvgIpc) is 2.80. The van der Waals surface area contributed by atoms with Crippen molar-refractivity contribution in [2.75, 3.05) is 23.3 Å². The van der Waals surface area contributed by atoms with Crippen molar-refractivity contribution < 1.29 is 0 Å². The molecule has 2 fully saturated rings. The standard InChI is InChI=1S/C15H24ClN5/c1-10-6-7-12(11(10)2)17-14-18-13(16)19-15(20-14)21-8-4-3-5-9-21/h10-12H,3-9H2,1-2H3,(H,17,18,19,20). The fourth-order valence-electron chi connectivity index (χ4n) is 3.37. The van der Waals surface area contributed by atoms with Gasteiger partial charge in [0.15, 0.2) is 0 Å². The first-order valence-corrected chi connectivity index (χ1v) is 8.44. The van der Waals surface area contributed by atoms with E-state index < -0.39 is 0 Å². The maximum Gasteiger partial charge on any atom is 0.231 e. The lowest BCUT2D eigenvalue weighted by atomic mass is 9.98. The molecule has 3 unspecified atom stereocenters. The molecule has 3 rings (SSSR count). The third-order valence-corrected chi connectivity index (χ3v) is 5.18. The second-order valence-corrected chi connectivity index (χ2v) is 6.78. The van der Waals surface area contributed by atoms with Crippen LogP contribution in [-0.2, 0) is 0 Å². The summed E-state index contributed by atoms with van der Waals surface area (Å²) in [5.41, 5.74) is 0. The van der Waals surface area contributed by atoms with Crippen molar-refractivity contribution in [1.29, 1.82) is 0 Å². The zero-order valence-electron chi connectivity index (χ0n) is 12.8. The number of halogens is 1. The van der Waals surface area contributed by atoms with Gasteiger partial charge in [0.05, 0.1) is 0 Å². The van der Waals surface area contributed by atoms with E-state index in [0.29, 0.717) is 17.9 Å². The molecule has 0 aromatic carbocycles. The highest BCUT2D eigenvalue weighted by Crippen LogP contribution is 2.33. The minimum Gasteiger partial charge on any atom is -0.351 e. The van der Waals surface area contributed by atoms with Gasteiger partial charge < -0.3 is 10.2 Å². The Hall–Kier alpha value is -1.10. The molecule has 0 radical (unpaired) electrons. The monoisotopic (exact) mass is 309 g/mol. The number of aromatic nitrogens is 3. The van der Waals surface area contributed by atoms with Crippen LogP contribution in [-0.4, -0.2) is 34.1 Å². The number of piperidine rings is 1. The van der Waals surface area contributed by atoms with Gasteiger partial charge in [0.1, 0.15) is 0 Å². The average molecular weight is 310 g/mol.